The van der Waals surface area contributed by atoms with Gasteiger partial charge in [-0.1, -0.05) is 37.6 Å². The lowest BCUT2D eigenvalue weighted by Gasteiger charge is -2.51. The average Bonchev–Trinajstić information content (AvgIpc) is 3.71. The Bertz CT molecular complexity index is 1360. The predicted molar refractivity (Wildman–Crippen MR) is 157 cm³/mol. The zero-order valence-corrected chi connectivity index (χ0v) is 25.9. The topological polar surface area (TPSA) is 152 Å². The van der Waals surface area contributed by atoms with Crippen LogP contribution in [0.25, 0.3) is 0 Å². The molecule has 10 atom stereocenters. The standard InChI is InChI=1S/C32H44N2O9/c1-16(14-17(2)28-18(3)23-12-13-32(15-40-32)31(6,42-23)43-28)8-9-22(36)25-27(37)26(19(4)29(38)33-7)34(30(25)39)24-11-10-21(35)20(5)41-24/h8-9,12-14,17-21,23-24,28,35,37,39H,10-11,15H2,1-7H3,(H,33,38)/t17-,18+,19+,20+,21+,23+,24+,28+,31+,32+/m1/s1. The summed E-state index contributed by atoms with van der Waals surface area (Å²) in [5, 5.41) is 35.1. The van der Waals surface area contributed by atoms with Gasteiger partial charge < -0.3 is 39.6 Å². The van der Waals surface area contributed by atoms with Gasteiger partial charge in [0.1, 0.15) is 11.8 Å². The summed E-state index contributed by atoms with van der Waals surface area (Å²) in [7, 11) is 1.47. The fraction of sp³-hybridized carbons (Fsp3) is 0.625. The number of epoxide rings is 1. The molecule has 11 nitrogen and oxygen atoms in total. The maximum Gasteiger partial charge on any atom is 0.228 e. The van der Waals surface area contributed by atoms with Gasteiger partial charge in [0, 0.05) is 18.9 Å². The van der Waals surface area contributed by atoms with Crippen LogP contribution in [0.5, 0.6) is 11.6 Å². The minimum absolute atomic E-state index is 0.0218. The number of hydrogen-bond acceptors (Lipinski definition) is 9. The predicted octanol–water partition coefficient (Wildman–Crippen LogP) is 3.60. The van der Waals surface area contributed by atoms with Crippen molar-refractivity contribution in [2.75, 3.05) is 13.7 Å². The van der Waals surface area contributed by atoms with Gasteiger partial charge in [-0.3, -0.25) is 14.2 Å². The van der Waals surface area contributed by atoms with E-state index in [1.54, 1.807) is 19.9 Å². The first-order valence-electron chi connectivity index (χ1n) is 15.0. The minimum Gasteiger partial charge on any atom is -0.505 e. The zero-order valence-electron chi connectivity index (χ0n) is 25.9. The third-order valence-electron chi connectivity index (χ3n) is 9.48. The maximum absolute atomic E-state index is 13.4. The van der Waals surface area contributed by atoms with Crippen molar-refractivity contribution in [3.63, 3.8) is 0 Å². The first kappa shape index (κ1) is 31.5. The third kappa shape index (κ3) is 5.46. The number of nitrogens with one attached hydrogen (secondary N) is 1. The van der Waals surface area contributed by atoms with E-state index in [-0.39, 0.29) is 35.3 Å². The molecule has 2 bridgehead atoms. The van der Waals surface area contributed by atoms with Crippen molar-refractivity contribution in [1.82, 2.24) is 9.88 Å². The Hall–Kier alpha value is -2.96. The number of rotatable bonds is 8. The number of fused-ring (bicyclic) bond motifs is 3. The lowest BCUT2D eigenvalue weighted by atomic mass is 9.82. The molecule has 0 unspecified atom stereocenters. The van der Waals surface area contributed by atoms with Gasteiger partial charge in [0.2, 0.25) is 17.6 Å². The first-order chi connectivity index (χ1) is 20.2. The fourth-order valence-corrected chi connectivity index (χ4v) is 6.64. The molecule has 1 aromatic heterocycles. The number of carbonyl (C=O) groups excluding carboxylic acids is 2. The summed E-state index contributed by atoms with van der Waals surface area (Å²) >= 11 is 0. The number of ether oxygens (including phenoxy) is 4. The van der Waals surface area contributed by atoms with Crippen molar-refractivity contribution in [3.8, 4) is 11.6 Å². The minimum atomic E-state index is -0.896. The highest BCUT2D eigenvalue weighted by atomic mass is 16.8. The molecule has 3 saturated heterocycles. The second-order valence-electron chi connectivity index (χ2n) is 12.6. The lowest BCUT2D eigenvalue weighted by molar-refractivity contribution is -0.346. The second kappa shape index (κ2) is 11.5. The van der Waals surface area contributed by atoms with Crippen molar-refractivity contribution in [2.24, 2.45) is 11.8 Å². The van der Waals surface area contributed by atoms with E-state index in [1.807, 2.05) is 19.9 Å². The number of hydrogen-bond donors (Lipinski definition) is 4. The number of carbonyl (C=O) groups is 2. The Morgan fingerprint density at radius 3 is 2.49 bits per heavy atom. The zero-order chi connectivity index (χ0) is 31.4. The van der Waals surface area contributed by atoms with Crippen molar-refractivity contribution in [2.45, 2.75) is 102 Å². The molecule has 1 aromatic rings. The molecule has 4 aliphatic heterocycles. The average molecular weight is 601 g/mol. The second-order valence-corrected chi connectivity index (χ2v) is 12.6. The Balaban J connectivity index is 1.38. The molecule has 0 saturated carbocycles. The van der Waals surface area contributed by atoms with Crippen molar-refractivity contribution in [3.05, 3.63) is 47.2 Å². The Labute approximate surface area is 252 Å². The molecule has 5 heterocycles. The highest BCUT2D eigenvalue weighted by Crippen LogP contribution is 2.52. The normalized spacial score (nSPS) is 37.0. The van der Waals surface area contributed by atoms with E-state index in [2.05, 4.69) is 31.3 Å². The van der Waals surface area contributed by atoms with Gasteiger partial charge in [-0.2, -0.15) is 0 Å². The third-order valence-corrected chi connectivity index (χ3v) is 9.48. The molecule has 0 aliphatic carbocycles. The number of allylic oxidation sites excluding steroid dienone is 3. The summed E-state index contributed by atoms with van der Waals surface area (Å²) in [5.74, 6) is -3.69. The monoisotopic (exact) mass is 600 g/mol. The number of likely N-dealkylation sites (N-methyl/N-ethyl adjacent to an activating group) is 1. The number of ketones is 1. The van der Waals surface area contributed by atoms with Crippen LogP contribution in [-0.2, 0) is 23.7 Å². The van der Waals surface area contributed by atoms with Crippen LogP contribution in [0.4, 0.5) is 0 Å². The van der Waals surface area contributed by atoms with E-state index < -0.39 is 59.1 Å². The quantitative estimate of drug-likeness (QED) is 0.115. The number of nitrogens with zero attached hydrogens (tertiary/aromatic N) is 1. The summed E-state index contributed by atoms with van der Waals surface area (Å²) in [6.45, 7) is 11.8. The molecule has 1 spiro atoms. The van der Waals surface area contributed by atoms with E-state index in [9.17, 15) is 24.9 Å². The van der Waals surface area contributed by atoms with Crippen LogP contribution < -0.4 is 5.32 Å². The van der Waals surface area contributed by atoms with E-state index >= 15 is 0 Å². The Morgan fingerprint density at radius 2 is 1.86 bits per heavy atom. The van der Waals surface area contributed by atoms with E-state index in [0.717, 1.165) is 5.57 Å². The summed E-state index contributed by atoms with van der Waals surface area (Å²) in [4.78, 5) is 26.0. The summed E-state index contributed by atoms with van der Waals surface area (Å²) in [6.07, 6.45) is 7.52. The molecular weight excluding hydrogens is 556 g/mol. The van der Waals surface area contributed by atoms with Crippen LogP contribution in [0.3, 0.4) is 0 Å². The number of amides is 1. The molecule has 236 valence electrons. The number of aromatic nitrogens is 1. The SMILES string of the molecule is CNC(=O)[C@@H](C)c1c(O)c(C(=O)C=CC(C)=C[C@@H](C)[C@@H]2O[C@]3(C)O[C@@H](C=C[C@]34CO4)[C@@H]2C)c(O)n1[C@@H]1CC[C@H](O)[C@H](C)O1. The number of aliphatic hydroxyl groups is 1. The molecule has 0 aromatic carbocycles. The number of aromatic hydroxyl groups is 2. The first-order valence-corrected chi connectivity index (χ1v) is 15.0. The molecular formula is C32H44N2O9. The lowest BCUT2D eigenvalue weighted by Crippen LogP contribution is -2.61. The highest BCUT2D eigenvalue weighted by Gasteiger charge is 2.65. The molecule has 4 aliphatic rings. The van der Waals surface area contributed by atoms with Gasteiger partial charge >= 0.3 is 0 Å². The summed E-state index contributed by atoms with van der Waals surface area (Å²) in [5.41, 5.74) is 0.0113. The van der Waals surface area contributed by atoms with E-state index in [0.29, 0.717) is 19.4 Å². The molecule has 43 heavy (non-hydrogen) atoms. The number of aliphatic hydroxyl groups excluding tert-OH is 1. The molecule has 5 rings (SSSR count). The van der Waals surface area contributed by atoms with E-state index in [1.165, 1.54) is 17.7 Å². The molecule has 11 heteroatoms. The summed E-state index contributed by atoms with van der Waals surface area (Å²) in [6, 6.07) is 0. The molecule has 0 radical (unpaired) electrons. The maximum atomic E-state index is 13.4. The van der Waals surface area contributed by atoms with Gasteiger partial charge in [-0.25, -0.2) is 0 Å². The van der Waals surface area contributed by atoms with Gasteiger partial charge in [0.25, 0.3) is 0 Å². The van der Waals surface area contributed by atoms with Crippen LogP contribution >= 0.6 is 0 Å². The molecule has 4 N–H and O–H groups in total. The van der Waals surface area contributed by atoms with Crippen LogP contribution in [0.1, 0.15) is 82.6 Å². The fourth-order valence-electron chi connectivity index (χ4n) is 6.64. The van der Waals surface area contributed by atoms with Gasteiger partial charge in [-0.05, 0) is 52.7 Å². The van der Waals surface area contributed by atoms with Crippen LogP contribution in [0, 0.1) is 11.8 Å². The Morgan fingerprint density at radius 1 is 1.16 bits per heavy atom. The smallest absolute Gasteiger partial charge is 0.228 e. The van der Waals surface area contributed by atoms with Crippen molar-refractivity contribution < 1.29 is 43.9 Å². The highest BCUT2D eigenvalue weighted by molar-refractivity contribution is 6.09. The van der Waals surface area contributed by atoms with Gasteiger partial charge in [-0.15, -0.1) is 0 Å². The van der Waals surface area contributed by atoms with Gasteiger partial charge in [0.15, 0.2) is 17.1 Å². The van der Waals surface area contributed by atoms with Crippen molar-refractivity contribution in [1.29, 1.82) is 0 Å². The van der Waals surface area contributed by atoms with Gasteiger partial charge in [0.05, 0.1) is 42.6 Å². The Kier molecular flexibility index (Phi) is 8.43. The molecule has 1 amide bonds. The largest absolute Gasteiger partial charge is 0.505 e. The van der Waals surface area contributed by atoms with E-state index in [4.69, 9.17) is 18.9 Å². The molecule has 3 fully saturated rings. The van der Waals surface area contributed by atoms with Crippen LogP contribution in [-0.4, -0.2) is 81.0 Å². The van der Waals surface area contributed by atoms with Crippen molar-refractivity contribution >= 4 is 11.7 Å². The van der Waals surface area contributed by atoms with Crippen LogP contribution in [0.2, 0.25) is 0 Å². The summed E-state index contributed by atoms with van der Waals surface area (Å²) < 4.78 is 25.7. The van der Waals surface area contributed by atoms with Crippen LogP contribution in [0.15, 0.2) is 36.0 Å².